The van der Waals surface area contributed by atoms with Crippen molar-refractivity contribution in [2.24, 2.45) is 5.92 Å². The Balaban J connectivity index is 1.80. The summed E-state index contributed by atoms with van der Waals surface area (Å²) in [6.07, 6.45) is -2.23. The monoisotopic (exact) mass is 320 g/mol. The van der Waals surface area contributed by atoms with Gasteiger partial charge in [-0.1, -0.05) is 5.16 Å². The van der Waals surface area contributed by atoms with Gasteiger partial charge >= 0.3 is 12.1 Å². The van der Waals surface area contributed by atoms with Gasteiger partial charge in [0, 0.05) is 12.5 Å². The van der Waals surface area contributed by atoms with Crippen LogP contribution in [0.3, 0.4) is 0 Å². The summed E-state index contributed by atoms with van der Waals surface area (Å²) in [5.41, 5.74) is 0.131. The number of hydrogen-bond donors (Lipinski definition) is 0. The van der Waals surface area contributed by atoms with Gasteiger partial charge in [0.15, 0.2) is 5.69 Å². The second-order valence-corrected chi connectivity index (χ2v) is 5.44. The van der Waals surface area contributed by atoms with Crippen LogP contribution in [0.5, 0.6) is 0 Å². The summed E-state index contributed by atoms with van der Waals surface area (Å²) in [6.45, 7) is 1.95. The Morgan fingerprint density at radius 3 is 2.73 bits per heavy atom. The summed E-state index contributed by atoms with van der Waals surface area (Å²) >= 11 is 0. The highest BCUT2D eigenvalue weighted by atomic mass is 19.4. The smallest absolute Gasteiger partial charge is 0.401 e. The number of hydrogen-bond acceptors (Lipinski definition) is 5. The number of ether oxygens (including phenoxy) is 1. The quantitative estimate of drug-likeness (QED) is 0.781. The van der Waals surface area contributed by atoms with Crippen molar-refractivity contribution in [3.63, 3.8) is 0 Å². The van der Waals surface area contributed by atoms with Gasteiger partial charge in [0.25, 0.3) is 0 Å². The lowest BCUT2D eigenvalue weighted by molar-refractivity contribution is -0.148. The minimum Gasteiger partial charge on any atom is -0.461 e. The topological polar surface area (TPSA) is 55.6 Å². The van der Waals surface area contributed by atoms with Crippen LogP contribution in [0, 0.1) is 5.92 Å². The number of carbonyl (C=O) groups is 1. The molecule has 5 nitrogen and oxygen atoms in total. The highest BCUT2D eigenvalue weighted by Gasteiger charge is 2.32. The maximum Gasteiger partial charge on any atom is 0.401 e. The zero-order chi connectivity index (χ0) is 16.2. The maximum atomic E-state index is 12.3. The number of carbonyl (C=O) groups excluding carboxylic acids is 1. The molecular weight excluding hydrogens is 301 g/mol. The molecule has 1 saturated heterocycles. The second-order valence-electron chi connectivity index (χ2n) is 5.44. The van der Waals surface area contributed by atoms with Gasteiger partial charge in [-0.2, -0.15) is 13.2 Å². The fourth-order valence-corrected chi connectivity index (χ4v) is 2.60. The van der Waals surface area contributed by atoms with E-state index in [-0.39, 0.29) is 18.2 Å². The molecule has 0 aliphatic carbocycles. The SMILES string of the molecule is CCOC(=O)c1cc(CC2CCN(CC(F)(F)F)CC2)on1. The molecule has 8 heteroatoms. The molecule has 22 heavy (non-hydrogen) atoms. The first-order chi connectivity index (χ1) is 10.4. The Labute approximate surface area is 126 Å². The summed E-state index contributed by atoms with van der Waals surface area (Å²) in [4.78, 5) is 12.9. The predicted octanol–water partition coefficient (Wildman–Crippen LogP) is 2.67. The van der Waals surface area contributed by atoms with Gasteiger partial charge < -0.3 is 9.26 Å². The van der Waals surface area contributed by atoms with Gasteiger partial charge in [-0.3, -0.25) is 4.90 Å². The van der Waals surface area contributed by atoms with Crippen LogP contribution in [0.1, 0.15) is 36.0 Å². The second kappa shape index (κ2) is 7.13. The van der Waals surface area contributed by atoms with Gasteiger partial charge in [0.05, 0.1) is 13.2 Å². The molecule has 1 aromatic rings. The summed E-state index contributed by atoms with van der Waals surface area (Å²) < 4.78 is 46.9. The Morgan fingerprint density at radius 2 is 2.14 bits per heavy atom. The maximum absolute atomic E-state index is 12.3. The molecule has 0 aromatic carbocycles. The van der Waals surface area contributed by atoms with E-state index in [1.807, 2.05) is 0 Å². The molecule has 0 spiro atoms. The molecule has 0 saturated carbocycles. The number of nitrogens with zero attached hydrogens (tertiary/aromatic N) is 2. The molecule has 0 radical (unpaired) electrons. The molecule has 1 aliphatic heterocycles. The Bertz CT molecular complexity index is 494. The summed E-state index contributed by atoms with van der Waals surface area (Å²) in [5.74, 6) is 0.280. The minimum atomic E-state index is -4.15. The molecule has 0 bridgehead atoms. The Hall–Kier alpha value is -1.57. The first-order valence-corrected chi connectivity index (χ1v) is 7.29. The normalized spacial score (nSPS) is 17.6. The van der Waals surface area contributed by atoms with Crippen molar-refractivity contribution in [2.45, 2.75) is 32.4 Å². The zero-order valence-electron chi connectivity index (χ0n) is 12.4. The van der Waals surface area contributed by atoms with Crippen LogP contribution in [0.2, 0.25) is 0 Å². The molecule has 0 N–H and O–H groups in total. The van der Waals surface area contributed by atoms with E-state index >= 15 is 0 Å². The van der Waals surface area contributed by atoms with Crippen molar-refractivity contribution in [2.75, 3.05) is 26.2 Å². The van der Waals surface area contributed by atoms with Crippen LogP contribution in [0.25, 0.3) is 0 Å². The summed E-state index contributed by atoms with van der Waals surface area (Å²) in [6, 6.07) is 1.54. The van der Waals surface area contributed by atoms with Crippen LogP contribution in [-0.2, 0) is 11.2 Å². The van der Waals surface area contributed by atoms with E-state index in [1.165, 1.54) is 4.90 Å². The van der Waals surface area contributed by atoms with Crippen molar-refractivity contribution in [3.8, 4) is 0 Å². The van der Waals surface area contributed by atoms with Gasteiger partial charge in [-0.15, -0.1) is 0 Å². The molecule has 1 fully saturated rings. The third-order valence-electron chi connectivity index (χ3n) is 3.64. The van der Waals surface area contributed by atoms with Gasteiger partial charge in [0.2, 0.25) is 0 Å². The molecule has 1 aliphatic rings. The average molecular weight is 320 g/mol. The number of rotatable bonds is 5. The number of aromatic nitrogens is 1. The Kier molecular flexibility index (Phi) is 5.44. The molecule has 2 rings (SSSR count). The number of likely N-dealkylation sites (tertiary alicyclic amines) is 1. The standard InChI is InChI=1S/C14H19F3N2O3/c1-2-21-13(20)12-8-11(22-18-12)7-10-3-5-19(6-4-10)9-14(15,16)17/h8,10H,2-7,9H2,1H3. The van der Waals surface area contributed by atoms with E-state index in [1.54, 1.807) is 13.0 Å². The van der Waals surface area contributed by atoms with Crippen LogP contribution in [-0.4, -0.2) is 48.4 Å². The number of alkyl halides is 3. The molecule has 0 unspecified atom stereocenters. The highest BCUT2D eigenvalue weighted by Crippen LogP contribution is 2.25. The lowest BCUT2D eigenvalue weighted by Crippen LogP contribution is -2.40. The fraction of sp³-hybridized carbons (Fsp3) is 0.714. The van der Waals surface area contributed by atoms with Crippen molar-refractivity contribution in [3.05, 3.63) is 17.5 Å². The van der Waals surface area contributed by atoms with E-state index in [2.05, 4.69) is 5.16 Å². The third kappa shape index (κ3) is 5.01. The van der Waals surface area contributed by atoms with Crippen LogP contribution >= 0.6 is 0 Å². The number of halogens is 3. The van der Waals surface area contributed by atoms with Crippen molar-refractivity contribution >= 4 is 5.97 Å². The molecular formula is C14H19F3N2O3. The van der Waals surface area contributed by atoms with Crippen LogP contribution in [0.4, 0.5) is 13.2 Å². The van der Waals surface area contributed by atoms with E-state index in [0.717, 1.165) is 0 Å². The number of esters is 1. The first-order valence-electron chi connectivity index (χ1n) is 7.29. The largest absolute Gasteiger partial charge is 0.461 e. The van der Waals surface area contributed by atoms with E-state index in [4.69, 9.17) is 9.26 Å². The highest BCUT2D eigenvalue weighted by molar-refractivity contribution is 5.87. The van der Waals surface area contributed by atoms with Crippen LogP contribution in [0.15, 0.2) is 10.6 Å². The molecule has 0 atom stereocenters. The van der Waals surface area contributed by atoms with Crippen molar-refractivity contribution in [1.29, 1.82) is 0 Å². The van der Waals surface area contributed by atoms with Crippen molar-refractivity contribution in [1.82, 2.24) is 10.1 Å². The predicted molar refractivity (Wildman–Crippen MR) is 71.4 cm³/mol. The molecule has 124 valence electrons. The third-order valence-corrected chi connectivity index (χ3v) is 3.64. The van der Waals surface area contributed by atoms with E-state index < -0.39 is 18.7 Å². The van der Waals surface area contributed by atoms with Gasteiger partial charge in [-0.05, 0) is 38.8 Å². The zero-order valence-corrected chi connectivity index (χ0v) is 12.4. The van der Waals surface area contributed by atoms with Gasteiger partial charge in [0.1, 0.15) is 5.76 Å². The lowest BCUT2D eigenvalue weighted by atomic mass is 9.92. The average Bonchev–Trinajstić information content (AvgIpc) is 2.88. The van der Waals surface area contributed by atoms with E-state index in [9.17, 15) is 18.0 Å². The van der Waals surface area contributed by atoms with E-state index in [0.29, 0.717) is 38.1 Å². The summed E-state index contributed by atoms with van der Waals surface area (Å²) in [7, 11) is 0. The molecule has 2 heterocycles. The first kappa shape index (κ1) is 16.8. The van der Waals surface area contributed by atoms with Crippen LogP contribution < -0.4 is 0 Å². The lowest BCUT2D eigenvalue weighted by Gasteiger charge is -2.31. The van der Waals surface area contributed by atoms with Crippen molar-refractivity contribution < 1.29 is 27.2 Å². The van der Waals surface area contributed by atoms with Gasteiger partial charge in [-0.25, -0.2) is 4.79 Å². The minimum absolute atomic E-state index is 0.131. The summed E-state index contributed by atoms with van der Waals surface area (Å²) in [5, 5.41) is 3.65. The Morgan fingerprint density at radius 1 is 1.45 bits per heavy atom. The molecule has 1 aromatic heterocycles. The molecule has 0 amide bonds. The number of piperidine rings is 1. The fourth-order valence-electron chi connectivity index (χ4n) is 2.60.